The molecule has 2 aromatic carbocycles. The number of aliphatic hydroxyl groups excluding tert-OH is 1. The number of halogens is 1. The Morgan fingerprint density at radius 2 is 1.80 bits per heavy atom. The first kappa shape index (κ1) is 19.9. The van der Waals surface area contributed by atoms with Crippen molar-refractivity contribution < 1.29 is 19.3 Å². The van der Waals surface area contributed by atoms with Crippen molar-refractivity contribution in [2.24, 2.45) is 7.05 Å². The number of aliphatic hydroxyl groups is 1. The van der Waals surface area contributed by atoms with Crippen LogP contribution in [0.2, 0.25) is 5.02 Å². The second-order valence-corrected chi connectivity index (χ2v) is 7.17. The summed E-state index contributed by atoms with van der Waals surface area (Å²) < 4.78 is 17.9. The minimum Gasteiger partial charge on any atom is -0.509 e. The number of benzene rings is 2. The Hall–Kier alpha value is -3.39. The number of amidine groups is 1. The molecule has 1 aliphatic heterocycles. The molecule has 2 N–H and O–H groups in total. The number of methoxy groups -OCH3 is 3. The SMILES string of the molecule is COc1ccc2c(c1)nc(C1=C(O)CN(c3cc(OC)c(Cl)cc3OC)C1=N)n2C. The first-order valence-electron chi connectivity index (χ1n) is 9.10. The Labute approximate surface area is 178 Å². The van der Waals surface area contributed by atoms with E-state index in [1.807, 2.05) is 29.8 Å². The van der Waals surface area contributed by atoms with Crippen molar-refractivity contribution in [1.82, 2.24) is 9.55 Å². The summed E-state index contributed by atoms with van der Waals surface area (Å²) >= 11 is 6.21. The number of imidazole rings is 1. The van der Waals surface area contributed by atoms with E-state index in [1.54, 1.807) is 24.1 Å². The molecule has 4 rings (SSSR count). The van der Waals surface area contributed by atoms with Crippen LogP contribution in [0.15, 0.2) is 36.1 Å². The highest BCUT2D eigenvalue weighted by Gasteiger charge is 2.34. The van der Waals surface area contributed by atoms with Gasteiger partial charge in [0.2, 0.25) is 0 Å². The van der Waals surface area contributed by atoms with E-state index in [0.717, 1.165) is 5.52 Å². The summed E-state index contributed by atoms with van der Waals surface area (Å²) in [6, 6.07) is 8.87. The molecule has 0 bridgehead atoms. The standard InChI is InChI=1S/C21H21ClN4O4/c1-25-14-6-5-11(28-2)7-13(14)24-21(25)19-16(27)10-26(20(19)23)15-9-17(29-3)12(22)8-18(15)30-4/h5-9,23,27H,10H2,1-4H3. The minimum absolute atomic E-state index is 0.0429. The third kappa shape index (κ3) is 3.00. The fourth-order valence-corrected chi connectivity index (χ4v) is 3.84. The van der Waals surface area contributed by atoms with E-state index in [2.05, 4.69) is 4.98 Å². The van der Waals surface area contributed by atoms with Crippen LogP contribution in [0.25, 0.3) is 16.6 Å². The van der Waals surface area contributed by atoms with Gasteiger partial charge in [0.25, 0.3) is 0 Å². The average Bonchev–Trinajstić information content (AvgIpc) is 3.22. The predicted octanol–water partition coefficient (Wildman–Crippen LogP) is 4.02. The van der Waals surface area contributed by atoms with Crippen LogP contribution in [0.3, 0.4) is 0 Å². The Bertz CT molecular complexity index is 1200. The van der Waals surface area contributed by atoms with Gasteiger partial charge in [0.05, 0.1) is 55.2 Å². The number of fused-ring (bicyclic) bond motifs is 1. The quantitative estimate of drug-likeness (QED) is 0.637. The Kier molecular flexibility index (Phi) is 4.95. The molecule has 1 aliphatic rings. The molecule has 3 aromatic rings. The number of aromatic nitrogens is 2. The second kappa shape index (κ2) is 7.46. The summed E-state index contributed by atoms with van der Waals surface area (Å²) in [7, 11) is 6.48. The van der Waals surface area contributed by atoms with Gasteiger partial charge in [-0.05, 0) is 12.1 Å². The fourth-order valence-electron chi connectivity index (χ4n) is 3.61. The Balaban J connectivity index is 1.79. The van der Waals surface area contributed by atoms with Crippen LogP contribution in [0.5, 0.6) is 17.2 Å². The van der Waals surface area contributed by atoms with E-state index in [9.17, 15) is 5.11 Å². The zero-order chi connectivity index (χ0) is 21.6. The number of nitrogens with one attached hydrogen (secondary N) is 1. The van der Waals surface area contributed by atoms with Crippen molar-refractivity contribution >= 4 is 39.7 Å². The number of rotatable bonds is 5. The second-order valence-electron chi connectivity index (χ2n) is 6.76. The van der Waals surface area contributed by atoms with Gasteiger partial charge >= 0.3 is 0 Å². The van der Waals surface area contributed by atoms with E-state index in [-0.39, 0.29) is 18.1 Å². The van der Waals surface area contributed by atoms with Gasteiger partial charge in [0.1, 0.15) is 34.7 Å². The van der Waals surface area contributed by atoms with E-state index >= 15 is 0 Å². The molecule has 0 saturated carbocycles. The van der Waals surface area contributed by atoms with Gasteiger partial charge in [0.15, 0.2) is 0 Å². The zero-order valence-electron chi connectivity index (χ0n) is 17.0. The monoisotopic (exact) mass is 428 g/mol. The summed E-state index contributed by atoms with van der Waals surface area (Å²) in [5, 5.41) is 19.9. The normalized spacial score (nSPS) is 14.0. The average molecular weight is 429 g/mol. The predicted molar refractivity (Wildman–Crippen MR) is 116 cm³/mol. The Morgan fingerprint density at radius 3 is 2.47 bits per heavy atom. The maximum atomic E-state index is 10.8. The highest BCUT2D eigenvalue weighted by Crippen LogP contribution is 2.41. The molecule has 0 aliphatic carbocycles. The van der Waals surface area contributed by atoms with Crippen molar-refractivity contribution in [3.63, 3.8) is 0 Å². The largest absolute Gasteiger partial charge is 0.509 e. The van der Waals surface area contributed by atoms with E-state index in [0.29, 0.717) is 44.9 Å². The summed E-state index contributed by atoms with van der Waals surface area (Å²) in [4.78, 5) is 6.27. The first-order chi connectivity index (χ1) is 14.4. The van der Waals surface area contributed by atoms with Crippen molar-refractivity contribution in [1.29, 1.82) is 5.41 Å². The first-order valence-corrected chi connectivity index (χ1v) is 9.48. The van der Waals surface area contributed by atoms with Crippen molar-refractivity contribution in [3.05, 3.63) is 46.9 Å². The topological polar surface area (TPSA) is 92.8 Å². The summed E-state index contributed by atoms with van der Waals surface area (Å²) in [6.45, 7) is 0.0990. The minimum atomic E-state index is 0.0429. The molecule has 0 spiro atoms. The molecular formula is C21H21ClN4O4. The number of nitrogens with zero attached hydrogens (tertiary/aromatic N) is 3. The number of hydrogen-bond donors (Lipinski definition) is 2. The van der Waals surface area contributed by atoms with Crippen molar-refractivity contribution in [3.8, 4) is 17.2 Å². The van der Waals surface area contributed by atoms with Crippen LogP contribution >= 0.6 is 11.6 Å². The maximum Gasteiger partial charge on any atom is 0.148 e. The van der Waals surface area contributed by atoms with Crippen LogP contribution in [-0.4, -0.2) is 48.4 Å². The van der Waals surface area contributed by atoms with E-state index in [4.69, 9.17) is 31.2 Å². The van der Waals surface area contributed by atoms with Gasteiger partial charge in [-0.15, -0.1) is 0 Å². The molecule has 0 atom stereocenters. The lowest BCUT2D eigenvalue weighted by atomic mass is 10.2. The van der Waals surface area contributed by atoms with Gasteiger partial charge in [-0.25, -0.2) is 4.98 Å². The molecule has 0 radical (unpaired) electrons. The highest BCUT2D eigenvalue weighted by molar-refractivity contribution is 6.33. The molecule has 1 aromatic heterocycles. The van der Waals surface area contributed by atoms with Gasteiger partial charge in [-0.3, -0.25) is 5.41 Å². The van der Waals surface area contributed by atoms with Crippen molar-refractivity contribution in [2.45, 2.75) is 0 Å². The number of ether oxygens (including phenoxy) is 3. The third-order valence-electron chi connectivity index (χ3n) is 5.16. The molecule has 8 nitrogen and oxygen atoms in total. The van der Waals surface area contributed by atoms with Gasteiger partial charge in [0, 0.05) is 25.2 Å². The Morgan fingerprint density at radius 1 is 1.07 bits per heavy atom. The molecule has 9 heteroatoms. The maximum absolute atomic E-state index is 10.8. The van der Waals surface area contributed by atoms with E-state index < -0.39 is 0 Å². The zero-order valence-corrected chi connectivity index (χ0v) is 17.7. The molecule has 2 heterocycles. The van der Waals surface area contributed by atoms with Crippen LogP contribution < -0.4 is 19.1 Å². The molecule has 0 unspecified atom stereocenters. The highest BCUT2D eigenvalue weighted by atomic mass is 35.5. The molecule has 156 valence electrons. The van der Waals surface area contributed by atoms with Crippen LogP contribution in [0.1, 0.15) is 5.82 Å². The number of hydrogen-bond acceptors (Lipinski definition) is 6. The van der Waals surface area contributed by atoms with Crippen LogP contribution in [0.4, 0.5) is 5.69 Å². The lowest BCUT2D eigenvalue weighted by molar-refractivity contribution is 0.400. The van der Waals surface area contributed by atoms with E-state index in [1.165, 1.54) is 14.2 Å². The van der Waals surface area contributed by atoms with Crippen LogP contribution in [-0.2, 0) is 7.05 Å². The molecule has 0 amide bonds. The van der Waals surface area contributed by atoms with Gasteiger partial charge in [-0.1, -0.05) is 11.6 Å². The summed E-state index contributed by atoms with van der Waals surface area (Å²) in [5.74, 6) is 2.23. The smallest absolute Gasteiger partial charge is 0.148 e. The van der Waals surface area contributed by atoms with Gasteiger partial charge < -0.3 is 28.8 Å². The molecular weight excluding hydrogens is 408 g/mol. The summed E-state index contributed by atoms with van der Waals surface area (Å²) in [5.41, 5.74) is 2.49. The van der Waals surface area contributed by atoms with Gasteiger partial charge in [-0.2, -0.15) is 0 Å². The van der Waals surface area contributed by atoms with Crippen LogP contribution in [0, 0.1) is 5.41 Å². The lowest BCUT2D eigenvalue weighted by Crippen LogP contribution is -2.27. The molecule has 0 saturated heterocycles. The number of anilines is 1. The molecule has 0 fully saturated rings. The third-order valence-corrected chi connectivity index (χ3v) is 5.45. The summed E-state index contributed by atoms with van der Waals surface area (Å²) in [6.07, 6.45) is 0. The molecule has 30 heavy (non-hydrogen) atoms. The van der Waals surface area contributed by atoms with Crippen molar-refractivity contribution in [2.75, 3.05) is 32.8 Å². The number of aryl methyl sites for hydroxylation is 1. The fraction of sp³-hybridized carbons (Fsp3) is 0.238. The lowest BCUT2D eigenvalue weighted by Gasteiger charge is -2.22.